The van der Waals surface area contributed by atoms with Crippen LogP contribution < -0.4 is 0 Å². The van der Waals surface area contributed by atoms with Crippen LogP contribution in [0.25, 0.3) is 0 Å². The van der Waals surface area contributed by atoms with Gasteiger partial charge in [0.05, 0.1) is 17.4 Å². The van der Waals surface area contributed by atoms with Crippen LogP contribution in [-0.2, 0) is 18.3 Å². The van der Waals surface area contributed by atoms with Crippen LogP contribution in [0.2, 0.25) is 0 Å². The maximum Gasteiger partial charge on any atom is 0.326 e. The third kappa shape index (κ3) is 2.46. The Balaban J connectivity index is 2.30. The fraction of sp³-hybridized carbons (Fsp3) is 0.583. The summed E-state index contributed by atoms with van der Waals surface area (Å²) in [5, 5.41) is 22.8. The first-order valence-electron chi connectivity index (χ1n) is 6.18. The van der Waals surface area contributed by atoms with Crippen molar-refractivity contribution in [1.29, 1.82) is 0 Å². The number of rotatable bonds is 3. The number of nitrogens with zero attached hydrogens (tertiary/aromatic N) is 3. The minimum absolute atomic E-state index is 0.0495. The molecular weight excluding hydrogens is 250 g/mol. The Morgan fingerprint density at radius 2 is 2.21 bits per heavy atom. The van der Waals surface area contributed by atoms with E-state index in [4.69, 9.17) is 5.11 Å². The Morgan fingerprint density at radius 3 is 2.79 bits per heavy atom. The Kier molecular flexibility index (Phi) is 3.57. The van der Waals surface area contributed by atoms with E-state index in [0.717, 1.165) is 0 Å². The van der Waals surface area contributed by atoms with Gasteiger partial charge in [0.25, 0.3) is 5.91 Å². The lowest BCUT2D eigenvalue weighted by molar-refractivity contribution is -0.141. The predicted octanol–water partition coefficient (Wildman–Crippen LogP) is -0.357. The zero-order valence-electron chi connectivity index (χ0n) is 10.9. The number of hydrogen-bond acceptors (Lipinski definition) is 4. The second-order valence-corrected chi connectivity index (χ2v) is 4.72. The molecule has 7 heteroatoms. The summed E-state index contributed by atoms with van der Waals surface area (Å²) in [4.78, 5) is 24.7. The van der Waals surface area contributed by atoms with Gasteiger partial charge >= 0.3 is 5.97 Å². The van der Waals surface area contributed by atoms with E-state index in [2.05, 4.69) is 5.10 Å². The number of carboxylic acids is 1. The van der Waals surface area contributed by atoms with Gasteiger partial charge in [-0.3, -0.25) is 9.48 Å². The van der Waals surface area contributed by atoms with E-state index < -0.39 is 18.1 Å². The van der Waals surface area contributed by atoms with Crippen molar-refractivity contribution in [1.82, 2.24) is 14.7 Å². The summed E-state index contributed by atoms with van der Waals surface area (Å²) >= 11 is 0. The largest absolute Gasteiger partial charge is 0.480 e. The quantitative estimate of drug-likeness (QED) is 0.780. The number of aryl methyl sites for hydroxylation is 2. The molecule has 0 spiro atoms. The van der Waals surface area contributed by atoms with Crippen molar-refractivity contribution < 1.29 is 19.8 Å². The molecule has 1 aromatic heterocycles. The number of hydrogen-bond donors (Lipinski definition) is 2. The Hall–Kier alpha value is -1.89. The lowest BCUT2D eigenvalue weighted by atomic mass is 10.1. The molecular formula is C12H17N3O4. The molecule has 2 N–H and O–H groups in total. The highest BCUT2D eigenvalue weighted by atomic mass is 16.4. The van der Waals surface area contributed by atoms with Crippen molar-refractivity contribution in [2.75, 3.05) is 6.54 Å². The highest BCUT2D eigenvalue weighted by molar-refractivity contribution is 5.97. The van der Waals surface area contributed by atoms with Gasteiger partial charge < -0.3 is 15.1 Å². The highest BCUT2D eigenvalue weighted by Crippen LogP contribution is 2.22. The van der Waals surface area contributed by atoms with E-state index >= 15 is 0 Å². The number of carbonyl (C=O) groups excluding carboxylic acids is 1. The fourth-order valence-electron chi connectivity index (χ4n) is 2.40. The van der Waals surface area contributed by atoms with Gasteiger partial charge in [-0.2, -0.15) is 5.10 Å². The first-order valence-corrected chi connectivity index (χ1v) is 6.18. The van der Waals surface area contributed by atoms with Crippen molar-refractivity contribution in [3.8, 4) is 0 Å². The molecule has 0 saturated carbocycles. The zero-order valence-corrected chi connectivity index (χ0v) is 10.9. The van der Waals surface area contributed by atoms with Gasteiger partial charge in [-0.25, -0.2) is 4.79 Å². The van der Waals surface area contributed by atoms with Crippen LogP contribution in [0.3, 0.4) is 0 Å². The molecule has 1 amide bonds. The molecule has 19 heavy (non-hydrogen) atoms. The van der Waals surface area contributed by atoms with Crippen LogP contribution in [0, 0.1) is 0 Å². The number of aliphatic carboxylic acids is 1. The maximum atomic E-state index is 12.4. The molecule has 1 aliphatic heterocycles. The monoisotopic (exact) mass is 267 g/mol. The van der Waals surface area contributed by atoms with Crippen LogP contribution in [0.5, 0.6) is 0 Å². The van der Waals surface area contributed by atoms with Gasteiger partial charge in [0, 0.05) is 26.2 Å². The summed E-state index contributed by atoms with van der Waals surface area (Å²) in [5.41, 5.74) is 1.04. The first-order chi connectivity index (χ1) is 8.93. The molecule has 0 aliphatic carbocycles. The molecule has 0 bridgehead atoms. The predicted molar refractivity (Wildman–Crippen MR) is 65.7 cm³/mol. The van der Waals surface area contributed by atoms with Gasteiger partial charge in [0.1, 0.15) is 6.04 Å². The van der Waals surface area contributed by atoms with Crippen molar-refractivity contribution in [3.63, 3.8) is 0 Å². The second kappa shape index (κ2) is 5.00. The molecule has 2 atom stereocenters. The normalized spacial score (nSPS) is 22.8. The molecule has 2 rings (SSSR count). The molecule has 0 aromatic carbocycles. The lowest BCUT2D eigenvalue weighted by Crippen LogP contribution is -2.40. The summed E-state index contributed by atoms with van der Waals surface area (Å²) in [7, 11) is 1.71. The van der Waals surface area contributed by atoms with Crippen molar-refractivity contribution >= 4 is 11.9 Å². The number of aliphatic hydroxyl groups excluding tert-OH is 1. The van der Waals surface area contributed by atoms with Gasteiger partial charge in [0.2, 0.25) is 0 Å². The summed E-state index contributed by atoms with van der Waals surface area (Å²) in [6.45, 7) is 1.93. The van der Waals surface area contributed by atoms with Crippen molar-refractivity contribution in [2.45, 2.75) is 31.9 Å². The molecule has 1 aromatic rings. The third-order valence-electron chi connectivity index (χ3n) is 3.30. The van der Waals surface area contributed by atoms with Gasteiger partial charge in [-0.15, -0.1) is 0 Å². The lowest BCUT2D eigenvalue weighted by Gasteiger charge is -2.20. The Labute approximate surface area is 110 Å². The number of amides is 1. The van der Waals surface area contributed by atoms with E-state index in [0.29, 0.717) is 17.7 Å². The number of aromatic nitrogens is 2. The Bertz CT molecular complexity index is 511. The molecule has 104 valence electrons. The van der Waals surface area contributed by atoms with Crippen LogP contribution >= 0.6 is 0 Å². The first kappa shape index (κ1) is 13.5. The standard InChI is InChI=1S/C12H17N3O4/c1-3-9-8(6-14(2)13-9)11(17)15-5-7(16)4-10(15)12(18)19/h6-7,10,16H,3-5H2,1-2H3,(H,18,19)/t7-,10-/m0/s1. The van der Waals surface area contributed by atoms with Crippen molar-refractivity contribution in [2.24, 2.45) is 7.05 Å². The minimum Gasteiger partial charge on any atom is -0.480 e. The van der Waals surface area contributed by atoms with Crippen LogP contribution in [0.4, 0.5) is 0 Å². The second-order valence-electron chi connectivity index (χ2n) is 4.72. The molecule has 1 fully saturated rings. The van der Waals surface area contributed by atoms with Gasteiger partial charge in [0.15, 0.2) is 0 Å². The minimum atomic E-state index is -1.09. The van der Waals surface area contributed by atoms with E-state index in [1.54, 1.807) is 13.2 Å². The summed E-state index contributed by atoms with van der Waals surface area (Å²) in [6, 6.07) is -0.965. The molecule has 7 nitrogen and oxygen atoms in total. The summed E-state index contributed by atoms with van der Waals surface area (Å²) < 4.78 is 1.54. The highest BCUT2D eigenvalue weighted by Gasteiger charge is 2.40. The van der Waals surface area contributed by atoms with E-state index in [1.165, 1.54) is 9.58 Å². The van der Waals surface area contributed by atoms with E-state index in [-0.39, 0.29) is 18.9 Å². The van der Waals surface area contributed by atoms with Crippen LogP contribution in [0.15, 0.2) is 6.20 Å². The average Bonchev–Trinajstić information content (AvgIpc) is 2.91. The van der Waals surface area contributed by atoms with Gasteiger partial charge in [-0.1, -0.05) is 6.92 Å². The average molecular weight is 267 g/mol. The number of β-amino-alcohol motifs (C(OH)–C–C–N with tert-alkyl or cyclic N) is 1. The number of likely N-dealkylation sites (tertiary alicyclic amines) is 1. The SMILES string of the molecule is CCc1nn(C)cc1C(=O)N1C[C@@H](O)C[C@H]1C(=O)O. The maximum absolute atomic E-state index is 12.4. The third-order valence-corrected chi connectivity index (χ3v) is 3.30. The molecule has 0 unspecified atom stereocenters. The zero-order chi connectivity index (χ0) is 14.2. The van der Waals surface area contributed by atoms with Crippen molar-refractivity contribution in [3.05, 3.63) is 17.5 Å². The molecule has 2 heterocycles. The van der Waals surface area contributed by atoms with E-state index in [1.807, 2.05) is 6.92 Å². The molecule has 1 aliphatic rings. The number of carboxylic acid groups (broad SMARTS) is 1. The van der Waals surface area contributed by atoms with Crippen LogP contribution in [-0.4, -0.2) is 55.5 Å². The van der Waals surface area contributed by atoms with E-state index in [9.17, 15) is 14.7 Å². The fourth-order valence-corrected chi connectivity index (χ4v) is 2.40. The molecule has 1 saturated heterocycles. The topological polar surface area (TPSA) is 95.7 Å². The number of carbonyl (C=O) groups is 2. The van der Waals surface area contributed by atoms with Gasteiger partial charge in [-0.05, 0) is 6.42 Å². The summed E-state index contributed by atoms with van der Waals surface area (Å²) in [5.74, 6) is -1.47. The Morgan fingerprint density at radius 1 is 1.53 bits per heavy atom. The molecule has 0 radical (unpaired) electrons. The summed E-state index contributed by atoms with van der Waals surface area (Å²) in [6.07, 6.45) is 1.47. The van der Waals surface area contributed by atoms with Crippen LogP contribution in [0.1, 0.15) is 29.4 Å². The smallest absolute Gasteiger partial charge is 0.326 e. The number of aliphatic hydroxyl groups is 1.